The average Bonchev–Trinajstić information content (AvgIpc) is 3.14. The number of carbonyl (C=O) groups is 2. The molecule has 0 aliphatic carbocycles. The van der Waals surface area contributed by atoms with E-state index in [9.17, 15) is 9.59 Å². The lowest BCUT2D eigenvalue weighted by molar-refractivity contribution is -0.122. The molecule has 0 saturated heterocycles. The number of amides is 1. The van der Waals surface area contributed by atoms with Gasteiger partial charge in [0.05, 0.1) is 18.5 Å². The molecule has 3 rings (SSSR count). The van der Waals surface area contributed by atoms with E-state index in [1.54, 1.807) is 38.1 Å². The van der Waals surface area contributed by atoms with Crippen molar-refractivity contribution in [2.24, 2.45) is 0 Å². The Bertz CT molecular complexity index is 987. The summed E-state index contributed by atoms with van der Waals surface area (Å²) in [4.78, 5) is 25.1. The van der Waals surface area contributed by atoms with E-state index in [4.69, 9.17) is 21.1 Å². The largest absolute Gasteiger partial charge is 0.481 e. The van der Waals surface area contributed by atoms with Gasteiger partial charge in [-0.3, -0.25) is 4.79 Å². The number of aromatic nitrogens is 2. The highest BCUT2D eigenvalue weighted by molar-refractivity contribution is 6.30. The number of ether oxygens (including phenoxy) is 2. The van der Waals surface area contributed by atoms with Gasteiger partial charge >= 0.3 is 5.97 Å². The molecule has 1 atom stereocenters. The number of hydrogen-bond donors (Lipinski definition) is 1. The Morgan fingerprint density at radius 3 is 2.48 bits per heavy atom. The van der Waals surface area contributed by atoms with E-state index < -0.39 is 18.0 Å². The van der Waals surface area contributed by atoms with Gasteiger partial charge in [0.15, 0.2) is 11.9 Å². The minimum atomic E-state index is -0.828. The van der Waals surface area contributed by atoms with Crippen LogP contribution >= 0.6 is 11.6 Å². The Balaban J connectivity index is 1.85. The fraction of sp³-hybridized carbons (Fsp3) is 0.190. The Morgan fingerprint density at radius 2 is 1.83 bits per heavy atom. The summed E-state index contributed by atoms with van der Waals surface area (Å²) in [6.07, 6.45) is 0.538. The predicted octanol–water partition coefficient (Wildman–Crippen LogP) is 4.11. The van der Waals surface area contributed by atoms with Gasteiger partial charge in [-0.2, -0.15) is 5.10 Å². The number of esters is 1. The van der Waals surface area contributed by atoms with Gasteiger partial charge in [-0.25, -0.2) is 9.48 Å². The van der Waals surface area contributed by atoms with Crippen LogP contribution in [0.25, 0.3) is 5.69 Å². The predicted molar refractivity (Wildman–Crippen MR) is 110 cm³/mol. The van der Waals surface area contributed by atoms with Crippen molar-refractivity contribution in [1.29, 1.82) is 0 Å². The first-order valence-electron chi connectivity index (χ1n) is 9.03. The van der Waals surface area contributed by atoms with Crippen molar-refractivity contribution in [3.63, 3.8) is 0 Å². The van der Waals surface area contributed by atoms with E-state index >= 15 is 0 Å². The Hall–Kier alpha value is -3.32. The van der Waals surface area contributed by atoms with Crippen LogP contribution in [0.5, 0.6) is 5.75 Å². The van der Waals surface area contributed by atoms with Gasteiger partial charge in [0.25, 0.3) is 5.91 Å². The standard InChI is InChI=1S/C21H20ClN3O4/c1-3-28-21(27)18-13-23-25(16-7-5-4-6-8-16)19(18)24-20(26)14(2)29-17-11-9-15(22)10-12-17/h4-14H,3H2,1-2H3,(H,24,26). The molecular weight excluding hydrogens is 394 g/mol. The summed E-state index contributed by atoms with van der Waals surface area (Å²) < 4.78 is 12.2. The van der Waals surface area contributed by atoms with Gasteiger partial charge in [0, 0.05) is 5.02 Å². The number of rotatable bonds is 7. The van der Waals surface area contributed by atoms with Gasteiger partial charge in [-0.05, 0) is 50.2 Å². The van der Waals surface area contributed by atoms with E-state index in [-0.39, 0.29) is 18.0 Å². The zero-order chi connectivity index (χ0) is 20.8. The molecular formula is C21H20ClN3O4. The molecule has 1 aromatic heterocycles. The third-order valence-electron chi connectivity index (χ3n) is 4.00. The maximum atomic E-state index is 12.7. The lowest BCUT2D eigenvalue weighted by Gasteiger charge is -2.16. The minimum absolute atomic E-state index is 0.155. The fourth-order valence-electron chi connectivity index (χ4n) is 2.58. The van der Waals surface area contributed by atoms with Crippen LogP contribution in [-0.2, 0) is 9.53 Å². The number of halogens is 1. The SMILES string of the molecule is CCOC(=O)c1cnn(-c2ccccc2)c1NC(=O)C(C)Oc1ccc(Cl)cc1. The normalized spacial score (nSPS) is 11.6. The molecule has 0 bridgehead atoms. The first-order valence-corrected chi connectivity index (χ1v) is 9.41. The van der Waals surface area contributed by atoms with Crippen LogP contribution in [0, 0.1) is 0 Å². The van der Waals surface area contributed by atoms with E-state index in [1.165, 1.54) is 10.9 Å². The molecule has 7 nitrogen and oxygen atoms in total. The second-order valence-corrected chi connectivity index (χ2v) is 6.51. The van der Waals surface area contributed by atoms with Crippen molar-refractivity contribution in [3.8, 4) is 11.4 Å². The molecule has 1 heterocycles. The summed E-state index contributed by atoms with van der Waals surface area (Å²) in [5, 5.41) is 7.55. The Morgan fingerprint density at radius 1 is 1.14 bits per heavy atom. The minimum Gasteiger partial charge on any atom is -0.481 e. The van der Waals surface area contributed by atoms with Gasteiger partial charge < -0.3 is 14.8 Å². The quantitative estimate of drug-likeness (QED) is 0.589. The van der Waals surface area contributed by atoms with Gasteiger partial charge in [-0.1, -0.05) is 29.8 Å². The number of nitrogens with one attached hydrogen (secondary N) is 1. The van der Waals surface area contributed by atoms with E-state index in [0.717, 1.165) is 0 Å². The number of nitrogens with zero attached hydrogens (tertiary/aromatic N) is 2. The van der Waals surface area contributed by atoms with Crippen molar-refractivity contribution in [2.45, 2.75) is 20.0 Å². The number of carbonyl (C=O) groups excluding carboxylic acids is 2. The number of anilines is 1. The Kier molecular flexibility index (Phi) is 6.51. The summed E-state index contributed by atoms with van der Waals surface area (Å²) in [6, 6.07) is 15.8. The monoisotopic (exact) mass is 413 g/mol. The van der Waals surface area contributed by atoms with Crippen molar-refractivity contribution in [1.82, 2.24) is 9.78 Å². The van der Waals surface area contributed by atoms with Crippen LogP contribution in [0.3, 0.4) is 0 Å². The lowest BCUT2D eigenvalue weighted by atomic mass is 10.2. The molecule has 29 heavy (non-hydrogen) atoms. The summed E-state index contributed by atoms with van der Waals surface area (Å²) in [6.45, 7) is 3.52. The third kappa shape index (κ3) is 4.94. The van der Waals surface area contributed by atoms with Crippen LogP contribution < -0.4 is 10.1 Å². The maximum Gasteiger partial charge on any atom is 0.343 e. The smallest absolute Gasteiger partial charge is 0.343 e. The molecule has 0 aliphatic heterocycles. The van der Waals surface area contributed by atoms with Gasteiger partial charge in [0.2, 0.25) is 0 Å². The second-order valence-electron chi connectivity index (χ2n) is 6.08. The van der Waals surface area contributed by atoms with Crippen LogP contribution in [0.4, 0.5) is 5.82 Å². The molecule has 0 saturated carbocycles. The highest BCUT2D eigenvalue weighted by Gasteiger charge is 2.24. The topological polar surface area (TPSA) is 82.5 Å². The maximum absolute atomic E-state index is 12.7. The molecule has 0 fully saturated rings. The average molecular weight is 414 g/mol. The molecule has 3 aromatic rings. The molecule has 0 aliphatic rings. The summed E-state index contributed by atoms with van der Waals surface area (Å²) in [7, 11) is 0. The second kappa shape index (κ2) is 9.25. The molecule has 1 unspecified atom stereocenters. The van der Waals surface area contributed by atoms with Crippen LogP contribution in [0.15, 0.2) is 60.8 Å². The molecule has 150 valence electrons. The Labute approximate surface area is 173 Å². The van der Waals surface area contributed by atoms with Crippen molar-refractivity contribution in [3.05, 3.63) is 71.4 Å². The molecule has 2 aromatic carbocycles. The molecule has 1 N–H and O–H groups in total. The highest BCUT2D eigenvalue weighted by atomic mass is 35.5. The first kappa shape index (κ1) is 20.4. The number of para-hydroxylation sites is 1. The summed E-state index contributed by atoms with van der Waals surface area (Å²) in [5.41, 5.74) is 0.840. The lowest BCUT2D eigenvalue weighted by Crippen LogP contribution is -2.31. The molecule has 1 amide bonds. The van der Waals surface area contributed by atoms with E-state index in [1.807, 2.05) is 30.3 Å². The highest BCUT2D eigenvalue weighted by Crippen LogP contribution is 2.22. The van der Waals surface area contributed by atoms with Crippen molar-refractivity contribution in [2.75, 3.05) is 11.9 Å². The molecule has 0 radical (unpaired) electrons. The van der Waals surface area contributed by atoms with Crippen molar-refractivity contribution >= 4 is 29.3 Å². The van der Waals surface area contributed by atoms with Gasteiger partial charge in [0.1, 0.15) is 11.3 Å². The molecule has 8 heteroatoms. The van der Waals surface area contributed by atoms with Crippen LogP contribution in [0.2, 0.25) is 5.02 Å². The fourth-order valence-corrected chi connectivity index (χ4v) is 2.71. The van der Waals surface area contributed by atoms with Crippen LogP contribution in [-0.4, -0.2) is 34.4 Å². The van der Waals surface area contributed by atoms with Gasteiger partial charge in [-0.15, -0.1) is 0 Å². The summed E-state index contributed by atoms with van der Waals surface area (Å²) in [5.74, 6) is -0.301. The zero-order valence-electron chi connectivity index (χ0n) is 16.0. The first-order chi connectivity index (χ1) is 14.0. The van der Waals surface area contributed by atoms with Crippen LogP contribution in [0.1, 0.15) is 24.2 Å². The van der Waals surface area contributed by atoms with E-state index in [0.29, 0.717) is 16.5 Å². The summed E-state index contributed by atoms with van der Waals surface area (Å²) >= 11 is 5.87. The number of hydrogen-bond acceptors (Lipinski definition) is 5. The third-order valence-corrected chi connectivity index (χ3v) is 4.25. The van der Waals surface area contributed by atoms with Crippen molar-refractivity contribution < 1.29 is 19.1 Å². The molecule has 0 spiro atoms. The zero-order valence-corrected chi connectivity index (χ0v) is 16.7. The number of benzene rings is 2. The van der Waals surface area contributed by atoms with E-state index in [2.05, 4.69) is 10.4 Å².